The van der Waals surface area contributed by atoms with Crippen molar-refractivity contribution in [3.05, 3.63) is 60.2 Å². The van der Waals surface area contributed by atoms with Crippen LogP contribution in [-0.4, -0.2) is 18.0 Å². The normalized spacial score (nSPS) is 18.8. The maximum atomic E-state index is 2.56. The molecule has 0 bridgehead atoms. The van der Waals surface area contributed by atoms with Gasteiger partial charge in [0.25, 0.3) is 0 Å². The van der Waals surface area contributed by atoms with Crippen LogP contribution in [0.15, 0.2) is 54.6 Å². The largest absolute Gasteiger partial charge is 0.299 e. The fourth-order valence-corrected chi connectivity index (χ4v) is 2.86. The van der Waals surface area contributed by atoms with Crippen LogP contribution in [0.2, 0.25) is 0 Å². The minimum absolute atomic E-state index is 0. The second kappa shape index (κ2) is 6.71. The van der Waals surface area contributed by atoms with Crippen LogP contribution in [-0.2, 0) is 6.54 Å². The van der Waals surface area contributed by atoms with Crippen LogP contribution in [0.5, 0.6) is 0 Å². The summed E-state index contributed by atoms with van der Waals surface area (Å²) in [5.74, 6) is 0.864. The molecule has 1 nitrogen and oxygen atoms in total. The first-order valence-corrected chi connectivity index (χ1v) is 7.18. The van der Waals surface area contributed by atoms with Crippen LogP contribution in [0.3, 0.4) is 0 Å². The van der Waals surface area contributed by atoms with Crippen molar-refractivity contribution >= 4 is 0 Å². The molecule has 106 valence electrons. The Morgan fingerprint density at radius 3 is 2.20 bits per heavy atom. The van der Waals surface area contributed by atoms with Crippen molar-refractivity contribution in [1.82, 2.24) is 4.90 Å². The number of nitrogens with zero attached hydrogens (tertiary/aromatic N) is 1. The molecule has 1 saturated heterocycles. The van der Waals surface area contributed by atoms with Crippen molar-refractivity contribution in [2.75, 3.05) is 13.1 Å². The first-order chi connectivity index (χ1) is 9.31. The molecule has 0 amide bonds. The minimum Gasteiger partial charge on any atom is -0.299 e. The summed E-state index contributed by atoms with van der Waals surface area (Å²) in [5.41, 5.74) is 4.02. The predicted octanol–water partition coefficient (Wildman–Crippen LogP) is 4.83. The van der Waals surface area contributed by atoms with E-state index in [4.69, 9.17) is 0 Å². The number of likely N-dealkylation sites (tertiary alicyclic amines) is 1. The van der Waals surface area contributed by atoms with Crippen LogP contribution in [0.4, 0.5) is 0 Å². The van der Waals surface area contributed by atoms with Gasteiger partial charge in [0.05, 0.1) is 0 Å². The number of benzene rings is 2. The van der Waals surface area contributed by atoms with Gasteiger partial charge in [0.2, 0.25) is 0 Å². The van der Waals surface area contributed by atoms with Crippen molar-refractivity contribution in [1.29, 1.82) is 0 Å². The van der Waals surface area contributed by atoms with Crippen LogP contribution >= 0.6 is 0 Å². The Labute approximate surface area is 123 Å². The number of hydrogen-bond donors (Lipinski definition) is 0. The molecule has 3 rings (SSSR count). The van der Waals surface area contributed by atoms with Crippen LogP contribution in [0, 0.1) is 5.92 Å². The molecule has 1 atom stereocenters. The van der Waals surface area contributed by atoms with Gasteiger partial charge in [0, 0.05) is 13.1 Å². The highest BCUT2D eigenvalue weighted by Crippen LogP contribution is 2.21. The average Bonchev–Trinajstić information content (AvgIpc) is 2.86. The van der Waals surface area contributed by atoms with Crippen molar-refractivity contribution < 1.29 is 0 Å². The standard InChI is InChI=1S/C18H21N.CH4/c1-15-11-12-19(13-15)14-16-7-9-18(10-8-16)17-5-3-2-4-6-17;/h2-10,15H,11-14H2,1H3;1H4. The topological polar surface area (TPSA) is 3.24 Å². The highest BCUT2D eigenvalue weighted by atomic mass is 15.1. The Balaban J connectivity index is 0.00000147. The molecule has 1 unspecified atom stereocenters. The maximum absolute atomic E-state index is 2.56. The first-order valence-electron chi connectivity index (χ1n) is 7.18. The lowest BCUT2D eigenvalue weighted by molar-refractivity contribution is 0.320. The monoisotopic (exact) mass is 267 g/mol. The molecular formula is C19H25N. The number of hydrogen-bond acceptors (Lipinski definition) is 1. The lowest BCUT2D eigenvalue weighted by Gasteiger charge is -2.15. The predicted molar refractivity (Wildman–Crippen MR) is 87.7 cm³/mol. The van der Waals surface area contributed by atoms with Gasteiger partial charge in [-0.3, -0.25) is 4.90 Å². The van der Waals surface area contributed by atoms with E-state index in [-0.39, 0.29) is 7.43 Å². The summed E-state index contributed by atoms with van der Waals surface area (Å²) in [5, 5.41) is 0. The van der Waals surface area contributed by atoms with E-state index in [1.54, 1.807) is 0 Å². The lowest BCUT2D eigenvalue weighted by Crippen LogP contribution is -2.19. The zero-order valence-corrected chi connectivity index (χ0v) is 11.5. The van der Waals surface area contributed by atoms with E-state index in [0.717, 1.165) is 12.5 Å². The SMILES string of the molecule is C.CC1CCN(Cc2ccc(-c3ccccc3)cc2)C1. The summed E-state index contributed by atoms with van der Waals surface area (Å²) in [6.45, 7) is 5.94. The second-order valence-corrected chi connectivity index (χ2v) is 5.69. The molecule has 0 spiro atoms. The van der Waals surface area contributed by atoms with Crippen molar-refractivity contribution in [3.63, 3.8) is 0 Å². The van der Waals surface area contributed by atoms with E-state index in [1.807, 2.05) is 0 Å². The Bertz CT molecular complexity index is 515. The van der Waals surface area contributed by atoms with Crippen molar-refractivity contribution in [2.45, 2.75) is 27.3 Å². The van der Waals surface area contributed by atoms with E-state index in [1.165, 1.54) is 36.2 Å². The highest BCUT2D eigenvalue weighted by Gasteiger charge is 2.18. The molecule has 1 heterocycles. The highest BCUT2D eigenvalue weighted by molar-refractivity contribution is 5.63. The zero-order chi connectivity index (χ0) is 13.1. The third-order valence-corrected chi connectivity index (χ3v) is 3.98. The molecule has 0 aliphatic carbocycles. The fourth-order valence-electron chi connectivity index (χ4n) is 2.86. The van der Waals surface area contributed by atoms with Gasteiger partial charge >= 0.3 is 0 Å². The van der Waals surface area contributed by atoms with Gasteiger partial charge in [-0.2, -0.15) is 0 Å². The van der Waals surface area contributed by atoms with Gasteiger partial charge in [-0.15, -0.1) is 0 Å². The Morgan fingerprint density at radius 2 is 1.60 bits per heavy atom. The lowest BCUT2D eigenvalue weighted by atomic mass is 10.0. The molecule has 1 aliphatic rings. The van der Waals surface area contributed by atoms with Gasteiger partial charge in [0.15, 0.2) is 0 Å². The third-order valence-electron chi connectivity index (χ3n) is 3.98. The first kappa shape index (κ1) is 14.8. The van der Waals surface area contributed by atoms with E-state index in [0.29, 0.717) is 0 Å². The Hall–Kier alpha value is -1.60. The summed E-state index contributed by atoms with van der Waals surface area (Å²) in [4.78, 5) is 2.56. The Kier molecular flexibility index (Phi) is 4.97. The Morgan fingerprint density at radius 1 is 0.950 bits per heavy atom. The molecule has 2 aromatic rings. The summed E-state index contributed by atoms with van der Waals surface area (Å²) in [6, 6.07) is 19.6. The second-order valence-electron chi connectivity index (χ2n) is 5.69. The van der Waals surface area contributed by atoms with Gasteiger partial charge in [-0.25, -0.2) is 0 Å². The molecule has 1 heteroatoms. The van der Waals surface area contributed by atoms with Crippen LogP contribution < -0.4 is 0 Å². The molecule has 1 aliphatic heterocycles. The van der Waals surface area contributed by atoms with E-state index < -0.39 is 0 Å². The van der Waals surface area contributed by atoms with E-state index in [2.05, 4.69) is 66.4 Å². The smallest absolute Gasteiger partial charge is 0.0233 e. The molecule has 0 radical (unpaired) electrons. The van der Waals surface area contributed by atoms with Crippen molar-refractivity contribution in [2.24, 2.45) is 5.92 Å². The quantitative estimate of drug-likeness (QED) is 0.769. The summed E-state index contributed by atoms with van der Waals surface area (Å²) in [7, 11) is 0. The molecule has 0 saturated carbocycles. The summed E-state index contributed by atoms with van der Waals surface area (Å²) < 4.78 is 0. The molecule has 0 N–H and O–H groups in total. The minimum atomic E-state index is 0. The van der Waals surface area contributed by atoms with E-state index >= 15 is 0 Å². The van der Waals surface area contributed by atoms with Crippen LogP contribution in [0.25, 0.3) is 11.1 Å². The fraction of sp³-hybridized carbons (Fsp3) is 0.368. The molecule has 2 aromatic carbocycles. The average molecular weight is 267 g/mol. The maximum Gasteiger partial charge on any atom is 0.0233 e. The molecule has 20 heavy (non-hydrogen) atoms. The molecule has 1 fully saturated rings. The summed E-state index contributed by atoms with van der Waals surface area (Å²) in [6.07, 6.45) is 1.35. The number of rotatable bonds is 3. The third kappa shape index (κ3) is 3.49. The van der Waals surface area contributed by atoms with Crippen molar-refractivity contribution in [3.8, 4) is 11.1 Å². The van der Waals surface area contributed by atoms with Gasteiger partial charge < -0.3 is 0 Å². The van der Waals surface area contributed by atoms with Crippen LogP contribution in [0.1, 0.15) is 26.3 Å². The zero-order valence-electron chi connectivity index (χ0n) is 11.5. The van der Waals surface area contributed by atoms with E-state index in [9.17, 15) is 0 Å². The molecular weight excluding hydrogens is 242 g/mol. The molecule has 0 aromatic heterocycles. The van der Waals surface area contributed by atoms with Gasteiger partial charge in [-0.1, -0.05) is 68.9 Å². The van der Waals surface area contributed by atoms with Gasteiger partial charge in [-0.05, 0) is 35.6 Å². The van der Waals surface area contributed by atoms with Gasteiger partial charge in [0.1, 0.15) is 0 Å². The summed E-state index contributed by atoms with van der Waals surface area (Å²) >= 11 is 0.